The van der Waals surface area contributed by atoms with Crippen molar-refractivity contribution < 1.29 is 29.0 Å². The summed E-state index contributed by atoms with van der Waals surface area (Å²) in [4.78, 5) is 58.5. The van der Waals surface area contributed by atoms with Crippen LogP contribution in [0.2, 0.25) is 5.02 Å². The maximum atomic E-state index is 13.4. The third-order valence-electron chi connectivity index (χ3n) is 7.92. The number of benzene rings is 1. The van der Waals surface area contributed by atoms with Crippen LogP contribution in [0.1, 0.15) is 71.7 Å². The summed E-state index contributed by atoms with van der Waals surface area (Å²) in [5, 5.41) is 16.7. The lowest BCUT2D eigenvalue weighted by molar-refractivity contribution is -0.152. The highest BCUT2D eigenvalue weighted by atomic mass is 35.6. The number of ether oxygens (including phenoxy) is 1. The predicted octanol–water partition coefficient (Wildman–Crippen LogP) is 5.78. The number of fused-ring (bicyclic) bond motifs is 1. The van der Waals surface area contributed by atoms with Gasteiger partial charge in [0.2, 0.25) is 21.5 Å². The van der Waals surface area contributed by atoms with Crippen LogP contribution in [0.15, 0.2) is 30.3 Å². The molecule has 47 heavy (non-hydrogen) atoms. The van der Waals surface area contributed by atoms with E-state index in [1.54, 1.807) is 59.8 Å². The van der Waals surface area contributed by atoms with Gasteiger partial charge in [-0.2, -0.15) is 0 Å². The first-order valence-electron chi connectivity index (χ1n) is 15.4. The number of piperidine rings is 1. The van der Waals surface area contributed by atoms with Crippen molar-refractivity contribution >= 4 is 87.1 Å². The SMILES string of the molecule is CC(NC(=O)C(NC(=O)C(C)(C)C=Cc1ccc2c(Cl)cc(C(C)O)nc2c1)C(C)C)C(=O)N1CCCC(C(=O)OCC(Cl)(Cl)Cl)C1. The number of aliphatic hydroxyl groups is 1. The summed E-state index contributed by atoms with van der Waals surface area (Å²) in [5.41, 5.74) is 0.826. The lowest BCUT2D eigenvalue weighted by Crippen LogP contribution is -2.57. The molecule has 2 heterocycles. The van der Waals surface area contributed by atoms with Crippen molar-refractivity contribution in [2.75, 3.05) is 19.7 Å². The number of amides is 3. The van der Waals surface area contributed by atoms with Gasteiger partial charge in [0, 0.05) is 18.5 Å². The zero-order valence-electron chi connectivity index (χ0n) is 27.3. The molecule has 1 aromatic heterocycles. The quantitative estimate of drug-likeness (QED) is 0.197. The fraction of sp³-hybridized carbons (Fsp3) is 0.545. The first kappa shape index (κ1) is 38.8. The van der Waals surface area contributed by atoms with Crippen LogP contribution in [0.4, 0.5) is 0 Å². The van der Waals surface area contributed by atoms with Crippen molar-refractivity contribution in [3.8, 4) is 0 Å². The molecule has 258 valence electrons. The van der Waals surface area contributed by atoms with Crippen molar-refractivity contribution in [2.24, 2.45) is 17.3 Å². The van der Waals surface area contributed by atoms with Gasteiger partial charge in [-0.15, -0.1) is 0 Å². The summed E-state index contributed by atoms with van der Waals surface area (Å²) < 4.78 is 3.36. The number of nitrogens with one attached hydrogen (secondary N) is 2. The number of halogens is 4. The Hall–Kier alpha value is -2.63. The summed E-state index contributed by atoms with van der Waals surface area (Å²) in [5.74, 6) is -2.67. The van der Waals surface area contributed by atoms with Crippen LogP contribution in [0.5, 0.6) is 0 Å². The van der Waals surface area contributed by atoms with E-state index in [4.69, 9.17) is 51.1 Å². The van der Waals surface area contributed by atoms with Gasteiger partial charge in [0.15, 0.2) is 0 Å². The topological polar surface area (TPSA) is 138 Å². The van der Waals surface area contributed by atoms with E-state index in [0.717, 1.165) is 10.9 Å². The van der Waals surface area contributed by atoms with Crippen molar-refractivity contribution in [1.29, 1.82) is 0 Å². The van der Waals surface area contributed by atoms with E-state index in [-0.39, 0.29) is 24.3 Å². The van der Waals surface area contributed by atoms with Gasteiger partial charge in [0.05, 0.1) is 33.7 Å². The molecule has 4 unspecified atom stereocenters. The van der Waals surface area contributed by atoms with Gasteiger partial charge in [0.25, 0.3) is 0 Å². The minimum Gasteiger partial charge on any atom is -0.461 e. The van der Waals surface area contributed by atoms with Crippen LogP contribution in [0.3, 0.4) is 0 Å². The lowest BCUT2D eigenvalue weighted by Gasteiger charge is -2.34. The molecule has 1 aliphatic heterocycles. The van der Waals surface area contributed by atoms with Gasteiger partial charge >= 0.3 is 5.97 Å². The van der Waals surface area contributed by atoms with E-state index in [1.165, 1.54) is 4.90 Å². The number of aliphatic hydroxyl groups excluding tert-OH is 1. The van der Waals surface area contributed by atoms with Crippen LogP contribution < -0.4 is 10.6 Å². The Balaban J connectivity index is 1.64. The molecule has 1 aromatic carbocycles. The summed E-state index contributed by atoms with van der Waals surface area (Å²) in [6, 6.07) is 5.30. The van der Waals surface area contributed by atoms with Crippen molar-refractivity contribution in [1.82, 2.24) is 20.5 Å². The number of hydrogen-bond acceptors (Lipinski definition) is 7. The smallest absolute Gasteiger partial charge is 0.310 e. The molecule has 3 amide bonds. The molecule has 3 rings (SSSR count). The molecule has 3 N–H and O–H groups in total. The number of carbonyl (C=O) groups is 4. The standard InChI is InChI=1S/C33H42Cl4N4O6/c1-18(2)27(28(43)38-19(3)29(44)41-13-7-8-22(16-41)30(45)47-17-33(35,36)37)40-31(46)32(5,6)12-11-21-9-10-23-24(34)15-25(20(4)42)39-26(23)14-21/h9-12,14-15,18-20,22,27,42H,7-8,13,16-17H2,1-6H3,(H,38,43)(H,40,46). The van der Waals surface area contributed by atoms with E-state index < -0.39 is 51.8 Å². The van der Waals surface area contributed by atoms with Crippen LogP contribution in [0.25, 0.3) is 17.0 Å². The third-order valence-corrected chi connectivity index (χ3v) is 8.56. The van der Waals surface area contributed by atoms with E-state index in [2.05, 4.69) is 15.6 Å². The van der Waals surface area contributed by atoms with Gasteiger partial charge in [-0.25, -0.2) is 4.98 Å². The molecular weight excluding hydrogens is 690 g/mol. The zero-order chi connectivity index (χ0) is 35.3. The number of aromatic nitrogens is 1. The van der Waals surface area contributed by atoms with Crippen molar-refractivity contribution in [3.05, 3.63) is 46.6 Å². The third kappa shape index (κ3) is 10.9. The normalized spacial score (nSPS) is 17.8. The highest BCUT2D eigenvalue weighted by Crippen LogP contribution is 2.29. The minimum atomic E-state index is -1.73. The van der Waals surface area contributed by atoms with Crippen LogP contribution in [0, 0.1) is 17.3 Å². The molecule has 0 bridgehead atoms. The summed E-state index contributed by atoms with van der Waals surface area (Å²) in [6.45, 7) is 10.4. The number of likely N-dealkylation sites (tertiary alicyclic amines) is 1. The molecule has 1 aliphatic rings. The fourth-order valence-corrected chi connectivity index (χ4v) is 5.50. The average Bonchev–Trinajstić information content (AvgIpc) is 3.00. The average molecular weight is 733 g/mol. The van der Waals surface area contributed by atoms with Crippen LogP contribution in [-0.2, 0) is 23.9 Å². The Bertz CT molecular complexity index is 1510. The Morgan fingerprint density at radius 2 is 1.79 bits per heavy atom. The second-order valence-corrected chi connectivity index (χ2v) is 15.7. The van der Waals surface area contributed by atoms with Crippen LogP contribution in [-0.4, -0.2) is 74.3 Å². The number of rotatable bonds is 11. The number of nitrogens with zero attached hydrogens (tertiary/aromatic N) is 2. The second-order valence-electron chi connectivity index (χ2n) is 12.8. The zero-order valence-corrected chi connectivity index (χ0v) is 30.3. The molecule has 4 atom stereocenters. The van der Waals surface area contributed by atoms with E-state index in [1.807, 2.05) is 18.2 Å². The van der Waals surface area contributed by atoms with Gasteiger partial charge in [-0.1, -0.05) is 84.5 Å². The lowest BCUT2D eigenvalue weighted by atomic mass is 9.89. The molecule has 1 fully saturated rings. The molecule has 0 aliphatic carbocycles. The van der Waals surface area contributed by atoms with Gasteiger partial charge in [-0.3, -0.25) is 19.2 Å². The Kier molecular flexibility index (Phi) is 13.4. The van der Waals surface area contributed by atoms with E-state index in [0.29, 0.717) is 35.6 Å². The second kappa shape index (κ2) is 16.2. The first-order chi connectivity index (χ1) is 21.8. The highest BCUT2D eigenvalue weighted by Gasteiger charge is 2.35. The highest BCUT2D eigenvalue weighted by molar-refractivity contribution is 6.67. The van der Waals surface area contributed by atoms with Gasteiger partial charge in [-0.05, 0) is 64.2 Å². The number of pyridine rings is 1. The molecule has 0 saturated carbocycles. The maximum absolute atomic E-state index is 13.4. The van der Waals surface area contributed by atoms with Crippen molar-refractivity contribution in [2.45, 2.75) is 76.4 Å². The molecule has 1 saturated heterocycles. The summed E-state index contributed by atoms with van der Waals surface area (Å²) in [7, 11) is 0. The van der Waals surface area contributed by atoms with E-state index >= 15 is 0 Å². The fourth-order valence-electron chi connectivity index (χ4n) is 5.06. The number of hydrogen-bond donors (Lipinski definition) is 3. The van der Waals surface area contributed by atoms with E-state index in [9.17, 15) is 24.3 Å². The predicted molar refractivity (Wildman–Crippen MR) is 185 cm³/mol. The molecule has 0 spiro atoms. The number of carbonyl (C=O) groups excluding carboxylic acids is 4. The number of esters is 1. The van der Waals surface area contributed by atoms with Crippen molar-refractivity contribution in [3.63, 3.8) is 0 Å². The molecule has 2 aromatic rings. The minimum absolute atomic E-state index is 0.116. The summed E-state index contributed by atoms with van der Waals surface area (Å²) >= 11 is 23.4. The summed E-state index contributed by atoms with van der Waals surface area (Å²) in [6.07, 6.45) is 3.83. The molecule has 10 nitrogen and oxygen atoms in total. The Labute approximate surface area is 295 Å². The first-order valence-corrected chi connectivity index (χ1v) is 16.9. The molecule has 0 radical (unpaired) electrons. The Morgan fingerprint density at radius 3 is 2.40 bits per heavy atom. The molecular formula is C33H42Cl4N4O6. The van der Waals surface area contributed by atoms with Crippen LogP contribution >= 0.6 is 46.4 Å². The molecule has 14 heteroatoms. The monoisotopic (exact) mass is 730 g/mol. The largest absolute Gasteiger partial charge is 0.461 e. The van der Waals surface area contributed by atoms with Gasteiger partial charge in [0.1, 0.15) is 18.7 Å². The number of alkyl halides is 3. The Morgan fingerprint density at radius 1 is 1.11 bits per heavy atom. The maximum Gasteiger partial charge on any atom is 0.310 e. The van der Waals surface area contributed by atoms with Gasteiger partial charge < -0.3 is 25.4 Å².